The zero-order valence-electron chi connectivity index (χ0n) is 23.7. The molecule has 1 amide bonds. The van der Waals surface area contributed by atoms with Crippen molar-refractivity contribution in [2.24, 2.45) is 0 Å². The number of aromatic nitrogens is 2. The van der Waals surface area contributed by atoms with Crippen LogP contribution in [0.3, 0.4) is 0 Å². The third kappa shape index (κ3) is 5.86. The van der Waals surface area contributed by atoms with Gasteiger partial charge in [-0.25, -0.2) is 4.39 Å². The minimum absolute atomic E-state index is 0.0590. The Morgan fingerprint density at radius 1 is 0.932 bits per heavy atom. The quantitative estimate of drug-likeness (QED) is 0.0616. The van der Waals surface area contributed by atoms with Crippen molar-refractivity contribution in [2.45, 2.75) is 30.0 Å². The molecule has 1 fully saturated rings. The van der Waals surface area contributed by atoms with Crippen LogP contribution in [-0.4, -0.2) is 27.0 Å². The number of carbonyl (C=O) groups is 2. The molecule has 1 saturated heterocycles. The van der Waals surface area contributed by atoms with E-state index in [9.17, 15) is 19.1 Å². The summed E-state index contributed by atoms with van der Waals surface area (Å²) in [4.78, 5) is 28.6. The summed E-state index contributed by atoms with van der Waals surface area (Å²) in [5.41, 5.74) is 3.10. The number of thioether (sulfide) groups is 1. The first-order valence-corrected chi connectivity index (χ1v) is 15.5. The van der Waals surface area contributed by atoms with Gasteiger partial charge < -0.3 is 9.84 Å². The first-order valence-electron chi connectivity index (χ1n) is 13.7. The van der Waals surface area contributed by atoms with Crippen LogP contribution in [0.25, 0.3) is 5.76 Å². The average molecular weight is 624 g/mol. The van der Waals surface area contributed by atoms with E-state index in [2.05, 4.69) is 10.2 Å². The van der Waals surface area contributed by atoms with E-state index in [4.69, 9.17) is 4.74 Å². The maximum atomic E-state index is 14.2. The number of anilines is 1. The van der Waals surface area contributed by atoms with E-state index in [-0.39, 0.29) is 22.3 Å². The Kier molecular flexibility index (Phi) is 8.28. The van der Waals surface area contributed by atoms with Gasteiger partial charge in [0.2, 0.25) is 5.13 Å². The van der Waals surface area contributed by atoms with Crippen LogP contribution in [0, 0.1) is 19.7 Å². The van der Waals surface area contributed by atoms with Gasteiger partial charge in [0.1, 0.15) is 23.1 Å². The SMILES string of the molecule is Cc1ccc(C)c(/C(O)=C2\C(=O)C(=O)N(c3nnc(SCc4ccccc4F)s3)C2c2cccc(Oc3ccccc3)c2)c1. The van der Waals surface area contributed by atoms with E-state index < -0.39 is 17.7 Å². The van der Waals surface area contributed by atoms with Gasteiger partial charge in [-0.2, -0.15) is 0 Å². The van der Waals surface area contributed by atoms with Crippen LogP contribution in [0.5, 0.6) is 11.5 Å². The zero-order chi connectivity index (χ0) is 30.8. The molecular formula is C34H26FN3O4S2. The highest BCUT2D eigenvalue weighted by Gasteiger charge is 2.48. The molecule has 4 aromatic carbocycles. The summed E-state index contributed by atoms with van der Waals surface area (Å²) in [6.07, 6.45) is 0. The van der Waals surface area contributed by atoms with E-state index in [1.807, 2.05) is 56.3 Å². The number of Topliss-reactive ketones (excluding diaryl/α,β-unsaturated/α-hetero) is 1. The van der Waals surface area contributed by atoms with Crippen LogP contribution in [0.4, 0.5) is 9.52 Å². The highest BCUT2D eigenvalue weighted by molar-refractivity contribution is 8.00. The van der Waals surface area contributed by atoms with Crippen molar-refractivity contribution in [3.63, 3.8) is 0 Å². The number of hydrogen-bond acceptors (Lipinski definition) is 8. The lowest BCUT2D eigenvalue weighted by atomic mass is 9.93. The topological polar surface area (TPSA) is 92.6 Å². The number of carbonyl (C=O) groups excluding carboxylic acids is 2. The molecule has 2 heterocycles. The molecule has 0 spiro atoms. The molecule has 1 N–H and O–H groups in total. The zero-order valence-corrected chi connectivity index (χ0v) is 25.4. The summed E-state index contributed by atoms with van der Waals surface area (Å²) in [6.45, 7) is 3.72. The number of benzene rings is 4. The molecule has 10 heteroatoms. The van der Waals surface area contributed by atoms with E-state index in [0.717, 1.165) is 22.5 Å². The number of amides is 1. The summed E-state index contributed by atoms with van der Waals surface area (Å²) in [6, 6.07) is 27.3. The molecule has 1 aliphatic heterocycles. The molecule has 7 nitrogen and oxygen atoms in total. The molecule has 0 saturated carbocycles. The molecule has 1 aromatic heterocycles. The summed E-state index contributed by atoms with van der Waals surface area (Å²) in [5, 5.41) is 20.3. The number of rotatable bonds is 8. The van der Waals surface area contributed by atoms with E-state index >= 15 is 0 Å². The van der Waals surface area contributed by atoms with Gasteiger partial charge in [-0.3, -0.25) is 14.5 Å². The number of halogens is 1. The van der Waals surface area contributed by atoms with E-state index in [0.29, 0.717) is 38.3 Å². The van der Waals surface area contributed by atoms with Crippen LogP contribution in [0.2, 0.25) is 0 Å². The van der Waals surface area contributed by atoms with Crippen molar-refractivity contribution in [1.82, 2.24) is 10.2 Å². The second-order valence-electron chi connectivity index (χ2n) is 10.2. The van der Waals surface area contributed by atoms with E-state index in [1.165, 1.54) is 22.7 Å². The fraction of sp³-hybridized carbons (Fsp3) is 0.118. The summed E-state index contributed by atoms with van der Waals surface area (Å²) in [5.74, 6) is -0.838. The van der Waals surface area contributed by atoms with Crippen molar-refractivity contribution in [2.75, 3.05) is 4.90 Å². The predicted octanol–water partition coefficient (Wildman–Crippen LogP) is 8.00. The molecule has 1 atom stereocenters. The maximum Gasteiger partial charge on any atom is 0.301 e. The maximum absolute atomic E-state index is 14.2. The van der Waals surface area contributed by atoms with Crippen molar-refractivity contribution < 1.29 is 23.8 Å². The van der Waals surface area contributed by atoms with Crippen molar-refractivity contribution in [3.05, 3.63) is 136 Å². The Hall–Kier alpha value is -4.80. The smallest absolute Gasteiger partial charge is 0.301 e. The number of aliphatic hydroxyl groups excluding tert-OH is 1. The second-order valence-corrected chi connectivity index (χ2v) is 12.4. The molecule has 1 aliphatic rings. The summed E-state index contributed by atoms with van der Waals surface area (Å²) in [7, 11) is 0. The van der Waals surface area contributed by atoms with Crippen LogP contribution in [-0.2, 0) is 15.3 Å². The van der Waals surface area contributed by atoms with Gasteiger partial charge in [0, 0.05) is 11.3 Å². The van der Waals surface area contributed by atoms with Gasteiger partial charge in [0.05, 0.1) is 11.6 Å². The largest absolute Gasteiger partial charge is 0.507 e. The molecule has 0 bridgehead atoms. The third-order valence-electron chi connectivity index (χ3n) is 7.16. The standard InChI is InChI=1S/C34H26FN3O4S2/c1-20-15-16-21(2)26(17-20)30(39)28-29(22-10-8-13-25(18-22)42-24-11-4-3-5-12-24)38(32(41)31(28)40)33-36-37-34(44-33)43-19-23-9-6-7-14-27(23)35/h3-18,29,39H,19H2,1-2H3/b30-28+. The summed E-state index contributed by atoms with van der Waals surface area (Å²) < 4.78 is 20.7. The van der Waals surface area contributed by atoms with Crippen LogP contribution in [0.15, 0.2) is 107 Å². The van der Waals surface area contributed by atoms with Crippen LogP contribution in [0.1, 0.15) is 33.9 Å². The first-order chi connectivity index (χ1) is 21.3. The molecule has 6 rings (SSSR count). The van der Waals surface area contributed by atoms with Crippen molar-refractivity contribution in [1.29, 1.82) is 0 Å². The number of ether oxygens (including phenoxy) is 1. The van der Waals surface area contributed by atoms with Gasteiger partial charge in [-0.1, -0.05) is 89.3 Å². The monoisotopic (exact) mass is 623 g/mol. The Morgan fingerprint density at radius 2 is 1.68 bits per heavy atom. The number of aliphatic hydroxyl groups is 1. The molecular weight excluding hydrogens is 598 g/mol. The molecule has 1 unspecified atom stereocenters. The molecule has 5 aromatic rings. The average Bonchev–Trinajstić information content (AvgIpc) is 3.60. The van der Waals surface area contributed by atoms with E-state index in [1.54, 1.807) is 48.5 Å². The lowest BCUT2D eigenvalue weighted by Gasteiger charge is -2.23. The van der Waals surface area contributed by atoms with Crippen LogP contribution >= 0.6 is 23.1 Å². The Bertz CT molecular complexity index is 1910. The Labute approximate surface area is 261 Å². The normalized spacial score (nSPS) is 16.0. The highest BCUT2D eigenvalue weighted by atomic mass is 32.2. The number of hydrogen-bond donors (Lipinski definition) is 1. The van der Waals surface area contributed by atoms with Gasteiger partial charge in [-0.15, -0.1) is 10.2 Å². The first kappa shape index (κ1) is 29.3. The highest BCUT2D eigenvalue weighted by Crippen LogP contribution is 2.45. The number of ketones is 1. The third-order valence-corrected chi connectivity index (χ3v) is 9.26. The van der Waals surface area contributed by atoms with Crippen molar-refractivity contribution >= 4 is 45.7 Å². The molecule has 0 radical (unpaired) electrons. The lowest BCUT2D eigenvalue weighted by Crippen LogP contribution is -2.29. The Balaban J connectivity index is 1.42. The lowest BCUT2D eigenvalue weighted by molar-refractivity contribution is -0.132. The minimum Gasteiger partial charge on any atom is -0.507 e. The van der Waals surface area contributed by atoms with Gasteiger partial charge in [0.25, 0.3) is 5.78 Å². The fourth-order valence-electron chi connectivity index (χ4n) is 4.97. The van der Waals surface area contributed by atoms with Crippen LogP contribution < -0.4 is 9.64 Å². The number of aryl methyl sites for hydroxylation is 2. The number of para-hydroxylation sites is 1. The molecule has 220 valence electrons. The molecule has 0 aliphatic carbocycles. The summed E-state index contributed by atoms with van der Waals surface area (Å²) >= 11 is 2.40. The fourth-order valence-corrected chi connectivity index (χ4v) is 6.82. The Morgan fingerprint density at radius 3 is 2.48 bits per heavy atom. The van der Waals surface area contributed by atoms with Gasteiger partial charge in [0.15, 0.2) is 4.34 Å². The van der Waals surface area contributed by atoms with Gasteiger partial charge >= 0.3 is 5.91 Å². The van der Waals surface area contributed by atoms with Gasteiger partial charge in [-0.05, 0) is 66.9 Å². The van der Waals surface area contributed by atoms with Crippen molar-refractivity contribution in [3.8, 4) is 11.5 Å². The second kappa shape index (κ2) is 12.4. The minimum atomic E-state index is -1.01. The molecule has 44 heavy (non-hydrogen) atoms. The number of nitrogens with zero attached hydrogens (tertiary/aromatic N) is 3. The predicted molar refractivity (Wildman–Crippen MR) is 170 cm³/mol.